The van der Waals surface area contributed by atoms with E-state index in [1.807, 2.05) is 0 Å². The van der Waals surface area contributed by atoms with Crippen molar-refractivity contribution in [2.75, 3.05) is 26.7 Å². The molecule has 4 nitrogen and oxygen atoms in total. The molecule has 0 atom stereocenters. The van der Waals surface area contributed by atoms with Crippen molar-refractivity contribution in [2.24, 2.45) is 0 Å². The molecule has 3 heterocycles. The number of piperidine rings is 1. The zero-order valence-corrected chi connectivity index (χ0v) is 8.94. The Kier molecular flexibility index (Phi) is 1.92. The first-order valence-electron chi connectivity index (χ1n) is 5.42. The topological polar surface area (TPSA) is 38.2 Å². The second kappa shape index (κ2) is 3.17. The standard InChI is InChI=1S/C11H15N3O/c1-14-4-2-11(3-5-14)7-15-9-6-12-8-13-10(9)11/h6,8H,2-5,7H2,1H3. The average molecular weight is 205 g/mol. The van der Waals surface area contributed by atoms with Crippen molar-refractivity contribution < 1.29 is 4.74 Å². The van der Waals surface area contributed by atoms with Gasteiger partial charge in [-0.1, -0.05) is 0 Å². The van der Waals surface area contributed by atoms with Crippen LogP contribution in [0.5, 0.6) is 5.75 Å². The van der Waals surface area contributed by atoms with Gasteiger partial charge in [-0.25, -0.2) is 9.97 Å². The lowest BCUT2D eigenvalue weighted by Gasteiger charge is -2.35. The van der Waals surface area contributed by atoms with E-state index in [1.165, 1.54) is 0 Å². The molecule has 3 rings (SSSR count). The van der Waals surface area contributed by atoms with Crippen molar-refractivity contribution in [2.45, 2.75) is 18.3 Å². The van der Waals surface area contributed by atoms with Gasteiger partial charge in [0.1, 0.15) is 6.33 Å². The Bertz CT molecular complexity index is 372. The van der Waals surface area contributed by atoms with Crippen LogP contribution in [-0.4, -0.2) is 41.6 Å². The van der Waals surface area contributed by atoms with Crippen molar-refractivity contribution in [3.63, 3.8) is 0 Å². The van der Waals surface area contributed by atoms with Crippen LogP contribution in [0.3, 0.4) is 0 Å². The van der Waals surface area contributed by atoms with Crippen LogP contribution in [0, 0.1) is 0 Å². The fourth-order valence-electron chi connectivity index (χ4n) is 2.53. The molecule has 15 heavy (non-hydrogen) atoms. The molecule has 1 fully saturated rings. The van der Waals surface area contributed by atoms with E-state index >= 15 is 0 Å². The van der Waals surface area contributed by atoms with Gasteiger partial charge in [-0.2, -0.15) is 0 Å². The highest BCUT2D eigenvalue weighted by Gasteiger charge is 2.43. The molecule has 0 aromatic carbocycles. The number of fused-ring (bicyclic) bond motifs is 2. The molecule has 4 heteroatoms. The first-order valence-corrected chi connectivity index (χ1v) is 5.42. The predicted molar refractivity (Wildman–Crippen MR) is 55.9 cm³/mol. The number of nitrogens with zero attached hydrogens (tertiary/aromatic N) is 3. The molecule has 1 saturated heterocycles. The highest BCUT2D eigenvalue weighted by Crippen LogP contribution is 2.43. The van der Waals surface area contributed by atoms with Gasteiger partial charge in [0.05, 0.1) is 23.9 Å². The third-order valence-corrected chi connectivity index (χ3v) is 3.63. The molecule has 80 valence electrons. The lowest BCUT2D eigenvalue weighted by Crippen LogP contribution is -2.42. The lowest BCUT2D eigenvalue weighted by molar-refractivity contribution is 0.153. The number of ether oxygens (including phenoxy) is 1. The van der Waals surface area contributed by atoms with E-state index in [4.69, 9.17) is 4.74 Å². The molecule has 0 amide bonds. The van der Waals surface area contributed by atoms with Gasteiger partial charge >= 0.3 is 0 Å². The molecule has 1 aromatic rings. The highest BCUT2D eigenvalue weighted by atomic mass is 16.5. The quantitative estimate of drug-likeness (QED) is 0.629. The maximum absolute atomic E-state index is 5.68. The van der Waals surface area contributed by atoms with E-state index in [2.05, 4.69) is 21.9 Å². The first-order chi connectivity index (χ1) is 7.30. The Hall–Kier alpha value is -1.16. The zero-order valence-electron chi connectivity index (χ0n) is 8.94. The minimum atomic E-state index is 0.171. The Labute approximate surface area is 89.3 Å². The number of aromatic nitrogens is 2. The summed E-state index contributed by atoms with van der Waals surface area (Å²) in [5, 5.41) is 0. The van der Waals surface area contributed by atoms with Crippen molar-refractivity contribution in [3.05, 3.63) is 18.2 Å². The second-order valence-corrected chi connectivity index (χ2v) is 4.61. The molecule has 1 spiro atoms. The lowest BCUT2D eigenvalue weighted by atomic mass is 9.77. The Balaban J connectivity index is 1.95. The maximum Gasteiger partial charge on any atom is 0.159 e. The molecule has 2 aliphatic heterocycles. The molecule has 0 unspecified atom stereocenters. The normalized spacial score (nSPS) is 23.8. The highest BCUT2D eigenvalue weighted by molar-refractivity contribution is 5.36. The van der Waals surface area contributed by atoms with Gasteiger partial charge in [0.25, 0.3) is 0 Å². The van der Waals surface area contributed by atoms with E-state index in [-0.39, 0.29) is 5.41 Å². The number of likely N-dealkylation sites (tertiary alicyclic amines) is 1. The zero-order chi connectivity index (χ0) is 10.3. The third-order valence-electron chi connectivity index (χ3n) is 3.63. The number of hydrogen-bond acceptors (Lipinski definition) is 4. The first kappa shape index (κ1) is 9.09. The Morgan fingerprint density at radius 3 is 3.00 bits per heavy atom. The monoisotopic (exact) mass is 205 g/mol. The SMILES string of the molecule is CN1CCC2(CC1)COc1cncnc12. The molecule has 0 aliphatic carbocycles. The Morgan fingerprint density at radius 2 is 2.20 bits per heavy atom. The van der Waals surface area contributed by atoms with E-state index in [0.717, 1.165) is 44.0 Å². The van der Waals surface area contributed by atoms with Crippen LogP contribution in [-0.2, 0) is 5.41 Å². The van der Waals surface area contributed by atoms with Crippen LogP contribution >= 0.6 is 0 Å². The third kappa shape index (κ3) is 1.32. The molecule has 0 radical (unpaired) electrons. The van der Waals surface area contributed by atoms with Crippen molar-refractivity contribution in [1.29, 1.82) is 0 Å². The van der Waals surface area contributed by atoms with Gasteiger partial charge in [0.15, 0.2) is 5.75 Å². The van der Waals surface area contributed by atoms with Crippen LogP contribution in [0.2, 0.25) is 0 Å². The van der Waals surface area contributed by atoms with Gasteiger partial charge in [-0.05, 0) is 33.0 Å². The van der Waals surface area contributed by atoms with E-state index in [9.17, 15) is 0 Å². The Morgan fingerprint density at radius 1 is 1.40 bits per heavy atom. The molecule has 0 N–H and O–H groups in total. The van der Waals surface area contributed by atoms with Crippen LogP contribution in [0.25, 0.3) is 0 Å². The minimum Gasteiger partial charge on any atom is -0.489 e. The van der Waals surface area contributed by atoms with Crippen molar-refractivity contribution in [3.8, 4) is 5.75 Å². The van der Waals surface area contributed by atoms with Crippen LogP contribution in [0.4, 0.5) is 0 Å². The fraction of sp³-hybridized carbons (Fsp3) is 0.636. The minimum absolute atomic E-state index is 0.171. The van der Waals surface area contributed by atoms with E-state index in [1.54, 1.807) is 12.5 Å². The second-order valence-electron chi connectivity index (χ2n) is 4.61. The predicted octanol–water partition coefficient (Wildman–Crippen LogP) is 0.832. The van der Waals surface area contributed by atoms with Gasteiger partial charge in [0.2, 0.25) is 0 Å². The summed E-state index contributed by atoms with van der Waals surface area (Å²) in [4.78, 5) is 10.8. The largest absolute Gasteiger partial charge is 0.489 e. The summed E-state index contributed by atoms with van der Waals surface area (Å²) in [5.74, 6) is 0.891. The summed E-state index contributed by atoms with van der Waals surface area (Å²) in [6.07, 6.45) is 5.71. The van der Waals surface area contributed by atoms with Gasteiger partial charge < -0.3 is 9.64 Å². The molecule has 2 aliphatic rings. The summed E-state index contributed by atoms with van der Waals surface area (Å²) < 4.78 is 5.68. The van der Waals surface area contributed by atoms with Gasteiger partial charge in [-0.15, -0.1) is 0 Å². The smallest absolute Gasteiger partial charge is 0.159 e. The summed E-state index contributed by atoms with van der Waals surface area (Å²) >= 11 is 0. The molecule has 1 aromatic heterocycles. The summed E-state index contributed by atoms with van der Waals surface area (Å²) in [7, 11) is 2.17. The number of hydrogen-bond donors (Lipinski definition) is 0. The summed E-state index contributed by atoms with van der Waals surface area (Å²) in [5.41, 5.74) is 1.30. The number of rotatable bonds is 0. The van der Waals surface area contributed by atoms with Crippen LogP contribution < -0.4 is 4.74 Å². The maximum atomic E-state index is 5.68. The van der Waals surface area contributed by atoms with Gasteiger partial charge in [-0.3, -0.25) is 0 Å². The van der Waals surface area contributed by atoms with Crippen molar-refractivity contribution in [1.82, 2.24) is 14.9 Å². The van der Waals surface area contributed by atoms with E-state index < -0.39 is 0 Å². The van der Waals surface area contributed by atoms with Crippen LogP contribution in [0.15, 0.2) is 12.5 Å². The van der Waals surface area contributed by atoms with Crippen LogP contribution in [0.1, 0.15) is 18.5 Å². The van der Waals surface area contributed by atoms with Gasteiger partial charge in [0, 0.05) is 0 Å². The van der Waals surface area contributed by atoms with Crippen molar-refractivity contribution >= 4 is 0 Å². The van der Waals surface area contributed by atoms with E-state index in [0.29, 0.717) is 0 Å². The summed E-state index contributed by atoms with van der Waals surface area (Å²) in [6.45, 7) is 3.05. The average Bonchev–Trinajstić information content (AvgIpc) is 2.63. The molecular formula is C11H15N3O. The molecule has 0 bridgehead atoms. The fourth-order valence-corrected chi connectivity index (χ4v) is 2.53. The molecular weight excluding hydrogens is 190 g/mol. The summed E-state index contributed by atoms with van der Waals surface area (Å²) in [6, 6.07) is 0. The molecule has 0 saturated carbocycles.